The summed E-state index contributed by atoms with van der Waals surface area (Å²) in [5.41, 5.74) is 1.70. The van der Waals surface area contributed by atoms with Crippen LogP contribution in [0.5, 0.6) is 0 Å². The van der Waals surface area contributed by atoms with E-state index < -0.39 is 0 Å². The second-order valence-corrected chi connectivity index (χ2v) is 6.77. The van der Waals surface area contributed by atoms with Gasteiger partial charge in [0, 0.05) is 18.4 Å². The quantitative estimate of drug-likeness (QED) is 0.882. The average Bonchev–Trinajstić information content (AvgIpc) is 3.11. The standard InChI is InChI=1S/C16H23N3O3/c20-14-3-1-2-11(14)13-9-22-7-6-19(13)16(21)12-8-17-18-15(12)10-4-5-10/h8,10-11,13-14,20H,1-7,9H2,(H,17,18). The van der Waals surface area contributed by atoms with Crippen molar-refractivity contribution in [1.29, 1.82) is 0 Å². The molecule has 3 unspecified atom stereocenters. The number of rotatable bonds is 3. The van der Waals surface area contributed by atoms with E-state index >= 15 is 0 Å². The summed E-state index contributed by atoms with van der Waals surface area (Å²) in [4.78, 5) is 14.9. The normalized spacial score (nSPS) is 32.4. The zero-order valence-electron chi connectivity index (χ0n) is 12.7. The molecular formula is C16H23N3O3. The van der Waals surface area contributed by atoms with E-state index in [1.54, 1.807) is 6.20 Å². The van der Waals surface area contributed by atoms with Crippen molar-refractivity contribution in [2.45, 2.75) is 50.2 Å². The number of hydrogen-bond donors (Lipinski definition) is 2. The Hall–Kier alpha value is -1.40. The van der Waals surface area contributed by atoms with Gasteiger partial charge in [0.05, 0.1) is 42.8 Å². The molecule has 6 heteroatoms. The summed E-state index contributed by atoms with van der Waals surface area (Å²) in [6.07, 6.45) is 6.46. The van der Waals surface area contributed by atoms with E-state index in [2.05, 4.69) is 10.2 Å². The molecule has 22 heavy (non-hydrogen) atoms. The highest BCUT2D eigenvalue weighted by molar-refractivity contribution is 5.95. The van der Waals surface area contributed by atoms with Gasteiger partial charge in [0.2, 0.25) is 0 Å². The largest absolute Gasteiger partial charge is 0.393 e. The predicted octanol–water partition coefficient (Wildman–Crippen LogP) is 1.29. The van der Waals surface area contributed by atoms with Crippen molar-refractivity contribution in [2.75, 3.05) is 19.8 Å². The highest BCUT2D eigenvalue weighted by Crippen LogP contribution is 2.41. The number of aliphatic hydroxyl groups is 1. The number of aromatic amines is 1. The molecule has 4 rings (SSSR count). The number of carbonyl (C=O) groups is 1. The van der Waals surface area contributed by atoms with Crippen LogP contribution >= 0.6 is 0 Å². The van der Waals surface area contributed by atoms with Gasteiger partial charge < -0.3 is 14.7 Å². The van der Waals surface area contributed by atoms with Crippen molar-refractivity contribution in [1.82, 2.24) is 15.1 Å². The first-order valence-electron chi connectivity index (χ1n) is 8.35. The lowest BCUT2D eigenvalue weighted by Gasteiger charge is -2.40. The Balaban J connectivity index is 1.58. The molecule has 2 saturated carbocycles. The van der Waals surface area contributed by atoms with Crippen LogP contribution in [0.15, 0.2) is 6.20 Å². The van der Waals surface area contributed by atoms with Crippen LogP contribution in [0.2, 0.25) is 0 Å². The van der Waals surface area contributed by atoms with Gasteiger partial charge in [-0.15, -0.1) is 0 Å². The molecule has 0 bridgehead atoms. The lowest BCUT2D eigenvalue weighted by molar-refractivity contribution is -0.0383. The fourth-order valence-corrected chi connectivity index (χ4v) is 3.95. The number of aliphatic hydroxyl groups excluding tert-OH is 1. The topological polar surface area (TPSA) is 78.5 Å². The van der Waals surface area contributed by atoms with E-state index in [4.69, 9.17) is 4.74 Å². The molecule has 1 aromatic rings. The van der Waals surface area contributed by atoms with Gasteiger partial charge in [0.1, 0.15) is 0 Å². The summed E-state index contributed by atoms with van der Waals surface area (Å²) in [6.45, 7) is 1.70. The van der Waals surface area contributed by atoms with E-state index in [1.165, 1.54) is 0 Å². The van der Waals surface area contributed by atoms with Crippen LogP contribution in [0.3, 0.4) is 0 Å². The Morgan fingerprint density at radius 3 is 2.95 bits per heavy atom. The fourth-order valence-electron chi connectivity index (χ4n) is 3.95. The maximum atomic E-state index is 13.0. The lowest BCUT2D eigenvalue weighted by atomic mass is 9.93. The molecule has 0 aromatic carbocycles. The number of ether oxygens (including phenoxy) is 1. The Kier molecular flexibility index (Phi) is 3.66. The maximum Gasteiger partial charge on any atom is 0.257 e. The van der Waals surface area contributed by atoms with Crippen molar-refractivity contribution in [3.05, 3.63) is 17.5 Å². The third-order valence-corrected chi connectivity index (χ3v) is 5.34. The SMILES string of the molecule is O=C(c1cn[nH]c1C1CC1)N1CCOCC1C1CCCC1O. The summed E-state index contributed by atoms with van der Waals surface area (Å²) in [5.74, 6) is 0.654. The van der Waals surface area contributed by atoms with Gasteiger partial charge in [-0.05, 0) is 25.7 Å². The van der Waals surface area contributed by atoms with E-state index in [9.17, 15) is 9.90 Å². The Morgan fingerprint density at radius 2 is 2.23 bits per heavy atom. The van der Waals surface area contributed by atoms with E-state index in [1.807, 2.05) is 4.90 Å². The van der Waals surface area contributed by atoms with Crippen LogP contribution in [0, 0.1) is 5.92 Å². The molecule has 1 aromatic heterocycles. The summed E-state index contributed by atoms with van der Waals surface area (Å²) in [6, 6.07) is -0.0132. The van der Waals surface area contributed by atoms with Crippen LogP contribution in [-0.4, -0.2) is 58.0 Å². The van der Waals surface area contributed by atoms with Gasteiger partial charge in [-0.2, -0.15) is 5.10 Å². The van der Waals surface area contributed by atoms with Gasteiger partial charge in [-0.25, -0.2) is 0 Å². The number of morpholine rings is 1. The highest BCUT2D eigenvalue weighted by atomic mass is 16.5. The zero-order chi connectivity index (χ0) is 15.1. The average molecular weight is 305 g/mol. The molecule has 2 heterocycles. The third kappa shape index (κ3) is 2.44. The number of H-pyrrole nitrogens is 1. The number of hydrogen-bond acceptors (Lipinski definition) is 4. The van der Waals surface area contributed by atoms with Crippen LogP contribution in [-0.2, 0) is 4.74 Å². The maximum absolute atomic E-state index is 13.0. The molecule has 0 spiro atoms. The molecule has 1 amide bonds. The smallest absolute Gasteiger partial charge is 0.257 e. The molecule has 3 aliphatic rings. The monoisotopic (exact) mass is 305 g/mol. The predicted molar refractivity (Wildman–Crippen MR) is 79.6 cm³/mol. The first-order chi connectivity index (χ1) is 10.8. The minimum atomic E-state index is -0.311. The van der Waals surface area contributed by atoms with Crippen molar-refractivity contribution in [3.8, 4) is 0 Å². The third-order valence-electron chi connectivity index (χ3n) is 5.34. The molecule has 6 nitrogen and oxygen atoms in total. The van der Waals surface area contributed by atoms with Gasteiger partial charge >= 0.3 is 0 Å². The first kappa shape index (κ1) is 14.2. The summed E-state index contributed by atoms with van der Waals surface area (Å²) in [7, 11) is 0. The lowest BCUT2D eigenvalue weighted by Crippen LogP contribution is -2.53. The van der Waals surface area contributed by atoms with Crippen LogP contribution < -0.4 is 0 Å². The van der Waals surface area contributed by atoms with Crippen molar-refractivity contribution in [3.63, 3.8) is 0 Å². The number of amides is 1. The van der Waals surface area contributed by atoms with Crippen molar-refractivity contribution >= 4 is 5.91 Å². The summed E-state index contributed by atoms with van der Waals surface area (Å²) in [5, 5.41) is 17.3. The molecule has 3 fully saturated rings. The van der Waals surface area contributed by atoms with Gasteiger partial charge in [-0.3, -0.25) is 9.89 Å². The molecule has 3 atom stereocenters. The molecule has 2 N–H and O–H groups in total. The van der Waals surface area contributed by atoms with Gasteiger partial charge in [0.25, 0.3) is 5.91 Å². The second kappa shape index (κ2) is 5.66. The molecule has 1 saturated heterocycles. The number of aromatic nitrogens is 2. The first-order valence-corrected chi connectivity index (χ1v) is 8.35. The molecule has 0 radical (unpaired) electrons. The molecular weight excluding hydrogens is 282 g/mol. The van der Waals surface area contributed by atoms with E-state index in [-0.39, 0.29) is 24.0 Å². The van der Waals surface area contributed by atoms with Crippen LogP contribution in [0.25, 0.3) is 0 Å². The Labute approximate surface area is 129 Å². The minimum Gasteiger partial charge on any atom is -0.393 e. The minimum absolute atomic E-state index is 0.0132. The number of carbonyl (C=O) groups excluding carboxylic acids is 1. The van der Waals surface area contributed by atoms with Gasteiger partial charge in [0.15, 0.2) is 0 Å². The van der Waals surface area contributed by atoms with Crippen molar-refractivity contribution in [2.24, 2.45) is 5.92 Å². The van der Waals surface area contributed by atoms with Crippen molar-refractivity contribution < 1.29 is 14.6 Å². The second-order valence-electron chi connectivity index (χ2n) is 6.77. The summed E-state index contributed by atoms with van der Waals surface area (Å²) < 4.78 is 5.60. The Morgan fingerprint density at radius 1 is 1.36 bits per heavy atom. The van der Waals surface area contributed by atoms with Crippen LogP contribution in [0.1, 0.15) is 54.1 Å². The van der Waals surface area contributed by atoms with Crippen LogP contribution in [0.4, 0.5) is 0 Å². The summed E-state index contributed by atoms with van der Waals surface area (Å²) >= 11 is 0. The fraction of sp³-hybridized carbons (Fsp3) is 0.750. The van der Waals surface area contributed by atoms with Gasteiger partial charge in [-0.1, -0.05) is 6.42 Å². The highest BCUT2D eigenvalue weighted by Gasteiger charge is 2.41. The van der Waals surface area contributed by atoms with E-state index in [0.29, 0.717) is 31.2 Å². The zero-order valence-corrected chi connectivity index (χ0v) is 12.7. The molecule has 1 aliphatic heterocycles. The Bertz CT molecular complexity index is 555. The molecule has 2 aliphatic carbocycles. The number of nitrogens with one attached hydrogen (secondary N) is 1. The number of nitrogens with zero attached hydrogens (tertiary/aromatic N) is 2. The molecule has 120 valence electrons. The van der Waals surface area contributed by atoms with E-state index in [0.717, 1.165) is 37.8 Å².